The molecule has 16 nitrogen and oxygen atoms in total. The van der Waals surface area contributed by atoms with Crippen molar-refractivity contribution in [3.8, 4) is 0 Å². The van der Waals surface area contributed by atoms with Crippen molar-refractivity contribution >= 4 is 81.0 Å². The van der Waals surface area contributed by atoms with Gasteiger partial charge in [0.05, 0.1) is 35.4 Å². The molecule has 0 spiro atoms. The number of ether oxygens (including phenoxy) is 4. The summed E-state index contributed by atoms with van der Waals surface area (Å²) >= 11 is 7.50. The summed E-state index contributed by atoms with van der Waals surface area (Å²) in [6.07, 6.45) is 4.04. The highest BCUT2D eigenvalue weighted by Gasteiger charge is 2.28. The molecule has 18 heteroatoms. The van der Waals surface area contributed by atoms with E-state index in [0.29, 0.717) is 66.5 Å². The van der Waals surface area contributed by atoms with E-state index in [0.717, 1.165) is 12.2 Å². The maximum absolute atomic E-state index is 13.4. The molecule has 48 heavy (non-hydrogen) atoms. The van der Waals surface area contributed by atoms with E-state index < -0.39 is 30.6 Å². The Morgan fingerprint density at radius 2 is 1.92 bits per heavy atom. The molecule has 1 fully saturated rings. The molecule has 258 valence electrons. The van der Waals surface area contributed by atoms with E-state index in [1.165, 1.54) is 11.1 Å². The predicted molar refractivity (Wildman–Crippen MR) is 185 cm³/mol. The van der Waals surface area contributed by atoms with Gasteiger partial charge in [0.2, 0.25) is 5.96 Å². The third kappa shape index (κ3) is 10.4. The lowest BCUT2D eigenvalue weighted by Crippen LogP contribution is -2.46. The van der Waals surface area contributed by atoms with Crippen molar-refractivity contribution < 1.29 is 33.3 Å². The summed E-state index contributed by atoms with van der Waals surface area (Å²) in [6.45, 7) is 8.25. The van der Waals surface area contributed by atoms with Crippen LogP contribution in [0.2, 0.25) is 0 Å². The molecule has 2 aliphatic rings. The smallest absolute Gasteiger partial charge is 0.331 e. The number of hydrogen-bond acceptors (Lipinski definition) is 15. The molecule has 3 N–H and O–H groups in total. The summed E-state index contributed by atoms with van der Waals surface area (Å²) in [4.78, 5) is 54.6. The molecule has 2 aliphatic heterocycles. The number of nitrogens with one attached hydrogen (secondary N) is 3. The van der Waals surface area contributed by atoms with Gasteiger partial charge < -0.3 is 34.5 Å². The second-order valence-corrected chi connectivity index (χ2v) is 12.5. The number of esters is 2. The second kappa shape index (κ2) is 17.3. The predicted octanol–water partition coefficient (Wildman–Crippen LogP) is 1.65. The maximum atomic E-state index is 13.4. The Kier molecular flexibility index (Phi) is 13.2. The van der Waals surface area contributed by atoms with E-state index in [2.05, 4.69) is 58.7 Å². The maximum Gasteiger partial charge on any atom is 0.331 e. The number of benzene rings is 1. The van der Waals surface area contributed by atoms with Gasteiger partial charge in [0, 0.05) is 56.3 Å². The van der Waals surface area contributed by atoms with Gasteiger partial charge in [-0.1, -0.05) is 0 Å². The zero-order valence-corrected chi connectivity index (χ0v) is 29.3. The minimum absolute atomic E-state index is 0.165. The van der Waals surface area contributed by atoms with Gasteiger partial charge in [0.1, 0.15) is 18.2 Å². The minimum atomic E-state index is -0.937. The highest BCUT2D eigenvalue weighted by atomic mass is 79.9. The van der Waals surface area contributed by atoms with Gasteiger partial charge in [-0.15, -0.1) is 0 Å². The van der Waals surface area contributed by atoms with Crippen molar-refractivity contribution in [3.05, 3.63) is 41.2 Å². The summed E-state index contributed by atoms with van der Waals surface area (Å²) in [7, 11) is 0. The van der Waals surface area contributed by atoms with Crippen LogP contribution in [0.1, 0.15) is 20.8 Å². The van der Waals surface area contributed by atoms with Gasteiger partial charge in [-0.25, -0.2) is 14.5 Å². The average Bonchev–Trinajstić information content (AvgIpc) is 3.60. The lowest BCUT2D eigenvalue weighted by atomic mass is 10.1. The van der Waals surface area contributed by atoms with Gasteiger partial charge >= 0.3 is 11.9 Å². The van der Waals surface area contributed by atoms with Gasteiger partial charge in [-0.05, 0) is 61.6 Å². The fourth-order valence-electron chi connectivity index (χ4n) is 4.47. The second-order valence-electron chi connectivity index (χ2n) is 11.5. The first-order valence-corrected chi connectivity index (χ1v) is 16.2. The van der Waals surface area contributed by atoms with Crippen LogP contribution >= 0.6 is 28.7 Å². The van der Waals surface area contributed by atoms with Crippen LogP contribution in [0.5, 0.6) is 0 Å². The molecule has 1 amide bonds. The largest absolute Gasteiger partial charge is 0.471 e. The number of morpholine rings is 1. The third-order valence-electron chi connectivity index (χ3n) is 6.78. The topological polar surface area (TPSA) is 193 Å². The van der Waals surface area contributed by atoms with E-state index in [-0.39, 0.29) is 30.4 Å². The fourth-order valence-corrected chi connectivity index (χ4v) is 5.31. The number of anilines is 1. The SMILES string of the molecule is CC(C)(C)NC[C@@H](COC(=N)/C(=N\S)N1CCOCC1)OC(=O)/C=C/C(=O)OCC(=O)N(C1=NCCN1)c1ccc2nccnc2c1Br. The summed E-state index contributed by atoms with van der Waals surface area (Å²) in [5, 5.41) is 14.6. The number of carbonyl (C=O) groups excluding carboxylic acids is 3. The van der Waals surface area contributed by atoms with Crippen molar-refractivity contribution in [1.29, 1.82) is 5.41 Å². The van der Waals surface area contributed by atoms with E-state index in [4.69, 9.17) is 24.4 Å². The van der Waals surface area contributed by atoms with E-state index in [1.54, 1.807) is 18.3 Å². The van der Waals surface area contributed by atoms with Gasteiger partial charge in [0.25, 0.3) is 11.8 Å². The fraction of sp³-hybridized carbons (Fsp3) is 0.467. The number of halogens is 1. The average molecular weight is 749 g/mol. The van der Waals surface area contributed by atoms with Crippen LogP contribution in [-0.4, -0.2) is 121 Å². The first kappa shape index (κ1) is 36.7. The summed E-state index contributed by atoms with van der Waals surface area (Å²) in [5.74, 6) is -2.08. The number of amides is 1. The number of fused-ring (bicyclic) bond motifs is 1. The molecule has 2 aromatic rings. The highest BCUT2D eigenvalue weighted by molar-refractivity contribution is 9.10. The first-order valence-electron chi connectivity index (χ1n) is 15.0. The van der Waals surface area contributed by atoms with Crippen LogP contribution in [0.4, 0.5) is 5.69 Å². The Hall–Kier alpha value is -4.13. The lowest BCUT2D eigenvalue weighted by molar-refractivity contribution is -0.146. The molecule has 0 bridgehead atoms. The molecule has 0 aliphatic carbocycles. The lowest BCUT2D eigenvalue weighted by Gasteiger charge is -2.30. The van der Waals surface area contributed by atoms with Gasteiger partial charge in [-0.3, -0.25) is 25.2 Å². The molecule has 0 unspecified atom stereocenters. The number of aromatic nitrogens is 2. The molecule has 0 radical (unpaired) electrons. The summed E-state index contributed by atoms with van der Waals surface area (Å²) < 4.78 is 26.0. The molecule has 3 heterocycles. The molecule has 1 saturated heterocycles. The zero-order valence-electron chi connectivity index (χ0n) is 26.8. The van der Waals surface area contributed by atoms with Crippen LogP contribution in [0, 0.1) is 5.41 Å². The van der Waals surface area contributed by atoms with Crippen molar-refractivity contribution in [2.75, 3.05) is 64.1 Å². The molecule has 0 saturated carbocycles. The Bertz CT molecular complexity index is 1590. The Labute approximate surface area is 291 Å². The Morgan fingerprint density at radius 3 is 2.60 bits per heavy atom. The molecule has 4 rings (SSSR count). The van der Waals surface area contributed by atoms with E-state index >= 15 is 0 Å². The standard InChI is InChI=1S/C30H38BrN9O7S/c1-30(2,3)37-16-19(17-46-27(32)28(38-48)39-12-14-44-15-13-39)47-24(43)7-6-23(42)45-18-22(41)40(29-35-10-11-36-29)21-5-4-20-26(25(21)31)34-9-8-33-20/h4-9,19,32,37,48H,10-18H2,1-3H3,(H,35,36)/b7-6+,32-27?,38-28+/t19-/m0/s1. The van der Waals surface area contributed by atoms with E-state index in [9.17, 15) is 14.4 Å². The Morgan fingerprint density at radius 1 is 1.19 bits per heavy atom. The zero-order chi connectivity index (χ0) is 34.7. The van der Waals surface area contributed by atoms with Crippen molar-refractivity contribution in [2.45, 2.75) is 32.4 Å². The summed E-state index contributed by atoms with van der Waals surface area (Å²) in [6, 6.07) is 3.40. The molecule has 1 atom stereocenters. The normalized spacial score (nSPS) is 15.9. The minimum Gasteiger partial charge on any atom is -0.471 e. The number of rotatable bonds is 10. The van der Waals surface area contributed by atoms with Gasteiger partial charge in [0.15, 0.2) is 12.4 Å². The number of amidine groups is 1. The number of thiol groups is 1. The van der Waals surface area contributed by atoms with E-state index in [1.807, 2.05) is 25.7 Å². The van der Waals surface area contributed by atoms with Crippen molar-refractivity contribution in [2.24, 2.45) is 9.39 Å². The van der Waals surface area contributed by atoms with Crippen LogP contribution in [0.25, 0.3) is 11.0 Å². The summed E-state index contributed by atoms with van der Waals surface area (Å²) in [5.41, 5.74) is 1.28. The number of carbonyl (C=O) groups is 3. The van der Waals surface area contributed by atoms with Crippen LogP contribution in [-0.2, 0) is 33.3 Å². The van der Waals surface area contributed by atoms with Crippen LogP contribution in [0.15, 0.2) is 50.5 Å². The molecular formula is C30H38BrN9O7S. The Balaban J connectivity index is 1.35. The first-order chi connectivity index (χ1) is 23.0. The molecular weight excluding hydrogens is 710 g/mol. The number of nitrogens with zero attached hydrogens (tertiary/aromatic N) is 6. The van der Waals surface area contributed by atoms with Crippen molar-refractivity contribution in [3.63, 3.8) is 0 Å². The number of guanidine groups is 1. The van der Waals surface area contributed by atoms with Crippen LogP contribution < -0.4 is 15.5 Å². The van der Waals surface area contributed by atoms with Gasteiger partial charge in [-0.2, -0.15) is 4.40 Å². The number of hydrogen-bond donors (Lipinski definition) is 4. The number of aliphatic imine (C=N–C) groups is 1. The monoisotopic (exact) mass is 747 g/mol. The molecule has 1 aromatic carbocycles. The third-order valence-corrected chi connectivity index (χ3v) is 7.75. The van der Waals surface area contributed by atoms with Crippen molar-refractivity contribution in [1.82, 2.24) is 25.5 Å². The highest BCUT2D eigenvalue weighted by Crippen LogP contribution is 2.32. The van der Waals surface area contributed by atoms with Crippen LogP contribution in [0.3, 0.4) is 0 Å². The molecule has 1 aromatic heterocycles. The quantitative estimate of drug-likeness (QED) is 0.0905.